The number of nitrogen functional groups attached to an aromatic ring is 1. The molecule has 5 nitrogen and oxygen atoms in total. The van der Waals surface area contributed by atoms with E-state index in [1.165, 1.54) is 11.3 Å². The molecule has 0 amide bonds. The number of fused-ring (bicyclic) bond motifs is 1. The van der Waals surface area contributed by atoms with E-state index in [0.29, 0.717) is 5.13 Å². The lowest BCUT2D eigenvalue weighted by Crippen LogP contribution is -2.36. The quantitative estimate of drug-likeness (QED) is 0.803. The summed E-state index contributed by atoms with van der Waals surface area (Å²) < 4.78 is 6.40. The van der Waals surface area contributed by atoms with Crippen LogP contribution in [0.5, 0.6) is 0 Å². The van der Waals surface area contributed by atoms with Crippen LogP contribution >= 0.6 is 11.3 Å². The molecule has 2 aromatic heterocycles. The van der Waals surface area contributed by atoms with Gasteiger partial charge in [0.1, 0.15) is 5.82 Å². The Labute approximate surface area is 96.9 Å². The Morgan fingerprint density at radius 2 is 2.19 bits per heavy atom. The maximum Gasteiger partial charge on any atom is 0.181 e. The lowest BCUT2D eigenvalue weighted by Gasteiger charge is -2.27. The van der Waals surface area contributed by atoms with Crippen LogP contribution < -0.4 is 10.6 Å². The molecule has 0 saturated carbocycles. The minimum absolute atomic E-state index is 0.595. The molecule has 0 radical (unpaired) electrons. The molecular formula is C10H12N4OS. The molecular weight excluding hydrogens is 224 g/mol. The van der Waals surface area contributed by atoms with Gasteiger partial charge in [-0.15, -0.1) is 0 Å². The molecule has 6 heteroatoms. The van der Waals surface area contributed by atoms with Crippen LogP contribution in [0.15, 0.2) is 12.3 Å². The van der Waals surface area contributed by atoms with E-state index in [9.17, 15) is 0 Å². The molecule has 3 heterocycles. The van der Waals surface area contributed by atoms with Gasteiger partial charge in [0, 0.05) is 19.3 Å². The highest BCUT2D eigenvalue weighted by atomic mass is 32.1. The number of anilines is 2. The van der Waals surface area contributed by atoms with E-state index in [-0.39, 0.29) is 0 Å². The topological polar surface area (TPSA) is 64.3 Å². The molecule has 3 rings (SSSR count). The summed E-state index contributed by atoms with van der Waals surface area (Å²) in [6.07, 6.45) is 1.78. The molecule has 0 aromatic carbocycles. The zero-order valence-electron chi connectivity index (χ0n) is 8.72. The van der Waals surface area contributed by atoms with Crippen molar-refractivity contribution in [2.24, 2.45) is 0 Å². The van der Waals surface area contributed by atoms with Crippen LogP contribution in [-0.4, -0.2) is 36.3 Å². The summed E-state index contributed by atoms with van der Waals surface area (Å²) in [6, 6.07) is 1.89. The Kier molecular flexibility index (Phi) is 2.37. The predicted molar refractivity (Wildman–Crippen MR) is 64.9 cm³/mol. The number of ether oxygens (including phenoxy) is 1. The lowest BCUT2D eigenvalue weighted by atomic mass is 10.3. The minimum Gasteiger partial charge on any atom is -0.378 e. The second kappa shape index (κ2) is 3.88. The van der Waals surface area contributed by atoms with Crippen LogP contribution in [0, 0.1) is 0 Å². The normalized spacial score (nSPS) is 16.9. The first-order chi connectivity index (χ1) is 7.84. The van der Waals surface area contributed by atoms with E-state index >= 15 is 0 Å². The third-order valence-electron chi connectivity index (χ3n) is 2.61. The van der Waals surface area contributed by atoms with Gasteiger partial charge in [-0.25, -0.2) is 9.97 Å². The molecule has 1 saturated heterocycles. The first-order valence-corrected chi connectivity index (χ1v) is 6.00. The minimum atomic E-state index is 0.595. The monoisotopic (exact) mass is 236 g/mol. The molecule has 0 spiro atoms. The average Bonchev–Trinajstić information content (AvgIpc) is 2.70. The fourth-order valence-electron chi connectivity index (χ4n) is 1.86. The third kappa shape index (κ3) is 1.60. The van der Waals surface area contributed by atoms with E-state index in [1.54, 1.807) is 6.20 Å². The summed E-state index contributed by atoms with van der Waals surface area (Å²) in [4.78, 5) is 10.9. The van der Waals surface area contributed by atoms with Crippen LogP contribution in [0.1, 0.15) is 0 Å². The Morgan fingerprint density at radius 1 is 1.38 bits per heavy atom. The van der Waals surface area contributed by atoms with E-state index < -0.39 is 0 Å². The number of hydrogen-bond acceptors (Lipinski definition) is 6. The maximum atomic E-state index is 5.73. The molecule has 1 fully saturated rings. The standard InChI is InChI=1S/C10H12N4OS/c11-10-13-7-1-2-12-9(8(7)16-10)14-3-5-15-6-4-14/h1-2H,3-6H2,(H2,11,13). The van der Waals surface area contributed by atoms with E-state index in [2.05, 4.69) is 14.9 Å². The molecule has 0 bridgehead atoms. The molecule has 2 aromatic rings. The van der Waals surface area contributed by atoms with Crippen molar-refractivity contribution < 1.29 is 4.74 Å². The predicted octanol–water partition coefficient (Wildman–Crippen LogP) is 1.11. The zero-order valence-corrected chi connectivity index (χ0v) is 9.54. The third-order valence-corrected chi connectivity index (χ3v) is 3.51. The van der Waals surface area contributed by atoms with Gasteiger partial charge in [0.25, 0.3) is 0 Å². The largest absolute Gasteiger partial charge is 0.378 e. The Bertz CT molecular complexity index is 506. The number of pyridine rings is 1. The number of aromatic nitrogens is 2. The first-order valence-electron chi connectivity index (χ1n) is 5.18. The van der Waals surface area contributed by atoms with Crippen molar-refractivity contribution in [3.8, 4) is 0 Å². The summed E-state index contributed by atoms with van der Waals surface area (Å²) in [5.74, 6) is 0.981. The van der Waals surface area contributed by atoms with Crippen molar-refractivity contribution in [1.29, 1.82) is 0 Å². The van der Waals surface area contributed by atoms with Crippen molar-refractivity contribution >= 4 is 32.5 Å². The van der Waals surface area contributed by atoms with E-state index in [4.69, 9.17) is 10.5 Å². The number of thiazole rings is 1. The van der Waals surface area contributed by atoms with Gasteiger partial charge >= 0.3 is 0 Å². The first kappa shape index (κ1) is 9.80. The smallest absolute Gasteiger partial charge is 0.181 e. The summed E-state index contributed by atoms with van der Waals surface area (Å²) in [6.45, 7) is 3.27. The number of morpholine rings is 1. The van der Waals surface area contributed by atoms with Gasteiger partial charge in [-0.05, 0) is 6.07 Å². The fraction of sp³-hybridized carbons (Fsp3) is 0.400. The maximum absolute atomic E-state index is 5.73. The number of rotatable bonds is 1. The SMILES string of the molecule is Nc1nc2ccnc(N3CCOCC3)c2s1. The summed E-state index contributed by atoms with van der Waals surface area (Å²) in [5.41, 5.74) is 6.66. The number of nitrogens with two attached hydrogens (primary N) is 1. The van der Waals surface area contributed by atoms with Crippen LogP contribution in [0.4, 0.5) is 10.9 Å². The van der Waals surface area contributed by atoms with E-state index in [0.717, 1.165) is 42.3 Å². The Hall–Kier alpha value is -1.40. The van der Waals surface area contributed by atoms with E-state index in [1.807, 2.05) is 6.07 Å². The van der Waals surface area contributed by atoms with Crippen LogP contribution in [0.3, 0.4) is 0 Å². The van der Waals surface area contributed by atoms with Gasteiger partial charge in [0.05, 0.1) is 23.4 Å². The fourth-order valence-corrected chi connectivity index (χ4v) is 2.70. The van der Waals surface area contributed by atoms with Crippen molar-refractivity contribution in [2.75, 3.05) is 36.9 Å². The van der Waals surface area contributed by atoms with Gasteiger partial charge in [0.15, 0.2) is 5.13 Å². The van der Waals surface area contributed by atoms with Crippen molar-refractivity contribution in [1.82, 2.24) is 9.97 Å². The summed E-state index contributed by atoms with van der Waals surface area (Å²) >= 11 is 1.49. The van der Waals surface area contributed by atoms with Crippen LogP contribution in [0.25, 0.3) is 10.2 Å². The highest BCUT2D eigenvalue weighted by molar-refractivity contribution is 7.22. The molecule has 2 N–H and O–H groups in total. The number of nitrogens with zero attached hydrogens (tertiary/aromatic N) is 3. The van der Waals surface area contributed by atoms with Gasteiger partial charge in [-0.2, -0.15) is 0 Å². The zero-order chi connectivity index (χ0) is 11.0. The number of hydrogen-bond donors (Lipinski definition) is 1. The Balaban J connectivity index is 2.07. The second-order valence-corrected chi connectivity index (χ2v) is 4.66. The van der Waals surface area contributed by atoms with Gasteiger partial charge in [-0.1, -0.05) is 11.3 Å². The highest BCUT2D eigenvalue weighted by Crippen LogP contribution is 2.31. The van der Waals surface area contributed by atoms with Crippen LogP contribution in [-0.2, 0) is 4.74 Å². The van der Waals surface area contributed by atoms with Gasteiger partial charge in [0.2, 0.25) is 0 Å². The van der Waals surface area contributed by atoms with Crippen molar-refractivity contribution in [3.63, 3.8) is 0 Å². The van der Waals surface area contributed by atoms with Gasteiger partial charge < -0.3 is 15.4 Å². The van der Waals surface area contributed by atoms with Crippen molar-refractivity contribution in [3.05, 3.63) is 12.3 Å². The van der Waals surface area contributed by atoms with Crippen LogP contribution in [0.2, 0.25) is 0 Å². The molecule has 0 unspecified atom stereocenters. The molecule has 1 aliphatic rings. The molecule has 84 valence electrons. The summed E-state index contributed by atoms with van der Waals surface area (Å²) in [7, 11) is 0. The molecule has 0 atom stereocenters. The molecule has 16 heavy (non-hydrogen) atoms. The highest BCUT2D eigenvalue weighted by Gasteiger charge is 2.16. The Morgan fingerprint density at radius 3 is 3.00 bits per heavy atom. The second-order valence-electron chi connectivity index (χ2n) is 3.63. The molecule has 1 aliphatic heterocycles. The lowest BCUT2D eigenvalue weighted by molar-refractivity contribution is 0.122. The van der Waals surface area contributed by atoms with Crippen molar-refractivity contribution in [2.45, 2.75) is 0 Å². The van der Waals surface area contributed by atoms with Gasteiger partial charge in [-0.3, -0.25) is 0 Å². The molecule has 0 aliphatic carbocycles. The summed E-state index contributed by atoms with van der Waals surface area (Å²) in [5, 5.41) is 0.595. The average molecular weight is 236 g/mol.